The fraction of sp³-hybridized carbons (Fsp3) is 0.115. The summed E-state index contributed by atoms with van der Waals surface area (Å²) in [6.07, 6.45) is 4.13. The molecule has 0 saturated carbocycles. The van der Waals surface area contributed by atoms with E-state index >= 15 is 0 Å². The smallest absolute Gasteiger partial charge is 0.258 e. The lowest BCUT2D eigenvalue weighted by Crippen LogP contribution is -2.20. The highest BCUT2D eigenvalue weighted by Gasteiger charge is 2.29. The molecule has 1 aromatic heterocycles. The summed E-state index contributed by atoms with van der Waals surface area (Å²) in [5, 5.41) is 1.13. The van der Waals surface area contributed by atoms with Crippen LogP contribution in [0, 0.1) is 0 Å². The van der Waals surface area contributed by atoms with Gasteiger partial charge in [0.25, 0.3) is 5.91 Å². The van der Waals surface area contributed by atoms with Crippen molar-refractivity contribution < 1.29 is 9.53 Å². The molecule has 0 unspecified atom stereocenters. The molecule has 5 rings (SSSR count). The van der Waals surface area contributed by atoms with E-state index in [9.17, 15) is 4.79 Å². The van der Waals surface area contributed by atoms with Crippen LogP contribution >= 0.6 is 0 Å². The molecule has 2 heterocycles. The second-order valence-electron chi connectivity index (χ2n) is 7.40. The number of amides is 1. The summed E-state index contributed by atoms with van der Waals surface area (Å²) >= 11 is 0. The van der Waals surface area contributed by atoms with E-state index in [0.717, 1.165) is 45.6 Å². The number of anilines is 1. The molecule has 4 heteroatoms. The predicted octanol–water partition coefficient (Wildman–Crippen LogP) is 5.24. The van der Waals surface area contributed by atoms with E-state index in [1.807, 2.05) is 79.9 Å². The first-order valence-electron chi connectivity index (χ1n) is 10.1. The van der Waals surface area contributed by atoms with E-state index in [1.165, 1.54) is 0 Å². The summed E-state index contributed by atoms with van der Waals surface area (Å²) in [7, 11) is 1.83. The normalized spacial score (nSPS) is 14.5. The van der Waals surface area contributed by atoms with Crippen molar-refractivity contribution in [3.63, 3.8) is 0 Å². The fourth-order valence-corrected chi connectivity index (χ4v) is 4.05. The van der Waals surface area contributed by atoms with Gasteiger partial charge in [0, 0.05) is 40.8 Å². The van der Waals surface area contributed by atoms with Crippen molar-refractivity contribution >= 4 is 34.1 Å². The monoisotopic (exact) mass is 394 g/mol. The van der Waals surface area contributed by atoms with Crippen LogP contribution in [0.1, 0.15) is 11.1 Å². The second-order valence-corrected chi connectivity index (χ2v) is 7.40. The number of nitrogens with zero attached hydrogens (tertiary/aromatic N) is 2. The molecule has 3 aromatic carbocycles. The molecule has 0 aliphatic carbocycles. The number of para-hydroxylation sites is 3. The van der Waals surface area contributed by atoms with Crippen molar-refractivity contribution in [2.45, 2.75) is 6.54 Å². The number of fused-ring (bicyclic) bond motifs is 2. The van der Waals surface area contributed by atoms with Gasteiger partial charge in [-0.3, -0.25) is 4.79 Å². The minimum absolute atomic E-state index is 0.0282. The number of ether oxygens (including phenoxy) is 1. The number of carbonyl (C=O) groups excluding carboxylic acids is 1. The van der Waals surface area contributed by atoms with Gasteiger partial charge in [-0.15, -0.1) is 0 Å². The maximum absolute atomic E-state index is 12.9. The molecule has 0 radical (unpaired) electrons. The van der Waals surface area contributed by atoms with E-state index in [-0.39, 0.29) is 5.91 Å². The molecule has 1 aliphatic heterocycles. The number of benzene rings is 3. The first-order valence-corrected chi connectivity index (χ1v) is 10.1. The zero-order chi connectivity index (χ0) is 20.5. The highest BCUT2D eigenvalue weighted by atomic mass is 16.5. The van der Waals surface area contributed by atoms with E-state index in [1.54, 1.807) is 4.90 Å². The quantitative estimate of drug-likeness (QED) is 0.434. The first kappa shape index (κ1) is 18.3. The second kappa shape index (κ2) is 7.56. The first-order chi connectivity index (χ1) is 14.7. The average molecular weight is 394 g/mol. The fourth-order valence-electron chi connectivity index (χ4n) is 4.05. The number of aromatic nitrogens is 1. The third kappa shape index (κ3) is 3.16. The van der Waals surface area contributed by atoms with Gasteiger partial charge < -0.3 is 14.2 Å². The number of rotatable bonds is 5. The van der Waals surface area contributed by atoms with Gasteiger partial charge in [-0.2, -0.15) is 0 Å². The minimum Gasteiger partial charge on any atom is -0.492 e. The third-order valence-electron chi connectivity index (χ3n) is 5.55. The standard InChI is InChI=1S/C26H22N2O2/c1-27-24-13-7-6-12-22(24)23(26(27)29)17-19-18-28(25-14-8-5-11-21(19)25)15-16-30-20-9-3-2-4-10-20/h2-14,17-18H,15-16H2,1H3/b23-17+. The summed E-state index contributed by atoms with van der Waals surface area (Å²) in [5.41, 5.74) is 4.84. The summed E-state index contributed by atoms with van der Waals surface area (Å²) < 4.78 is 8.08. The van der Waals surface area contributed by atoms with Crippen molar-refractivity contribution in [1.82, 2.24) is 4.57 Å². The summed E-state index contributed by atoms with van der Waals surface area (Å²) in [6.45, 7) is 1.30. The molecule has 4 aromatic rings. The lowest BCUT2D eigenvalue weighted by Gasteiger charge is -2.08. The topological polar surface area (TPSA) is 34.5 Å². The van der Waals surface area contributed by atoms with Crippen LogP contribution < -0.4 is 9.64 Å². The van der Waals surface area contributed by atoms with Gasteiger partial charge in [-0.05, 0) is 30.3 Å². The Bertz CT molecular complexity index is 1250. The molecular formula is C26H22N2O2. The van der Waals surface area contributed by atoms with Crippen molar-refractivity contribution in [2.75, 3.05) is 18.6 Å². The Morgan fingerprint density at radius 2 is 1.63 bits per heavy atom. The Morgan fingerprint density at radius 3 is 2.50 bits per heavy atom. The van der Waals surface area contributed by atoms with Gasteiger partial charge in [0.05, 0.1) is 12.2 Å². The maximum Gasteiger partial charge on any atom is 0.258 e. The van der Waals surface area contributed by atoms with Crippen LogP contribution in [-0.2, 0) is 11.3 Å². The largest absolute Gasteiger partial charge is 0.492 e. The van der Waals surface area contributed by atoms with Crippen molar-refractivity contribution in [1.29, 1.82) is 0 Å². The molecule has 0 bridgehead atoms. The summed E-state index contributed by atoms with van der Waals surface area (Å²) in [4.78, 5) is 14.6. The molecular weight excluding hydrogens is 372 g/mol. The number of hydrogen-bond acceptors (Lipinski definition) is 2. The Balaban J connectivity index is 1.49. The lowest BCUT2D eigenvalue weighted by molar-refractivity contribution is -0.112. The zero-order valence-corrected chi connectivity index (χ0v) is 16.8. The Hall–Kier alpha value is -3.79. The van der Waals surface area contributed by atoms with Crippen molar-refractivity contribution in [3.05, 3.63) is 96.2 Å². The molecule has 0 N–H and O–H groups in total. The number of likely N-dealkylation sites (N-methyl/N-ethyl adjacent to an activating group) is 1. The Kier molecular flexibility index (Phi) is 4.60. The number of hydrogen-bond donors (Lipinski definition) is 0. The molecule has 4 nitrogen and oxygen atoms in total. The van der Waals surface area contributed by atoms with Gasteiger partial charge in [0.2, 0.25) is 0 Å². The van der Waals surface area contributed by atoms with Crippen LogP contribution in [0.3, 0.4) is 0 Å². The minimum atomic E-state index is 0.0282. The molecule has 1 aliphatic rings. The molecule has 30 heavy (non-hydrogen) atoms. The van der Waals surface area contributed by atoms with Crippen LogP contribution in [0.4, 0.5) is 5.69 Å². The Labute approximate surface area is 175 Å². The maximum atomic E-state index is 12.9. The highest BCUT2D eigenvalue weighted by molar-refractivity contribution is 6.36. The highest BCUT2D eigenvalue weighted by Crippen LogP contribution is 2.37. The van der Waals surface area contributed by atoms with Gasteiger partial charge in [0.1, 0.15) is 12.4 Å². The Morgan fingerprint density at radius 1 is 0.900 bits per heavy atom. The molecule has 148 valence electrons. The number of carbonyl (C=O) groups is 1. The zero-order valence-electron chi connectivity index (χ0n) is 16.8. The average Bonchev–Trinajstić information content (AvgIpc) is 3.26. The van der Waals surface area contributed by atoms with Gasteiger partial charge in [-0.25, -0.2) is 0 Å². The van der Waals surface area contributed by atoms with Gasteiger partial charge in [0.15, 0.2) is 0 Å². The van der Waals surface area contributed by atoms with Crippen molar-refractivity contribution in [3.8, 4) is 5.75 Å². The van der Waals surface area contributed by atoms with E-state index in [4.69, 9.17) is 4.74 Å². The van der Waals surface area contributed by atoms with E-state index in [2.05, 4.69) is 22.9 Å². The summed E-state index contributed by atoms with van der Waals surface area (Å²) in [6, 6.07) is 26.1. The van der Waals surface area contributed by atoms with Crippen LogP contribution in [0.2, 0.25) is 0 Å². The molecule has 0 saturated heterocycles. The van der Waals surface area contributed by atoms with Gasteiger partial charge in [-0.1, -0.05) is 54.6 Å². The molecule has 1 amide bonds. The van der Waals surface area contributed by atoms with Crippen LogP contribution in [0.5, 0.6) is 5.75 Å². The predicted molar refractivity (Wildman–Crippen MR) is 122 cm³/mol. The lowest BCUT2D eigenvalue weighted by atomic mass is 10.0. The van der Waals surface area contributed by atoms with Crippen LogP contribution in [-0.4, -0.2) is 24.1 Å². The third-order valence-corrected chi connectivity index (χ3v) is 5.55. The SMILES string of the molecule is CN1C(=O)/C(=C/c2cn(CCOc3ccccc3)c3ccccc23)c2ccccc21. The molecule has 0 fully saturated rings. The van der Waals surface area contributed by atoms with Crippen molar-refractivity contribution in [2.24, 2.45) is 0 Å². The van der Waals surface area contributed by atoms with Crippen LogP contribution in [0.15, 0.2) is 85.1 Å². The van der Waals surface area contributed by atoms with Crippen LogP contribution in [0.25, 0.3) is 22.6 Å². The molecule has 0 atom stereocenters. The molecule has 0 spiro atoms. The van der Waals surface area contributed by atoms with E-state index < -0.39 is 0 Å². The van der Waals surface area contributed by atoms with Gasteiger partial charge >= 0.3 is 0 Å². The summed E-state index contributed by atoms with van der Waals surface area (Å²) in [5.74, 6) is 0.896. The van der Waals surface area contributed by atoms with E-state index in [0.29, 0.717) is 6.61 Å².